The number of carbonyl (C=O) groups is 1. The van der Waals surface area contributed by atoms with Gasteiger partial charge in [0.25, 0.3) is 0 Å². The third-order valence-corrected chi connectivity index (χ3v) is 3.13. The van der Waals surface area contributed by atoms with Gasteiger partial charge in [-0.2, -0.15) is 0 Å². The quantitative estimate of drug-likeness (QED) is 0.732. The Morgan fingerprint density at radius 3 is 2.80 bits per heavy atom. The average Bonchev–Trinajstić information content (AvgIpc) is 2.90. The molecule has 1 N–H and O–H groups in total. The van der Waals surface area contributed by atoms with Crippen molar-refractivity contribution in [3.8, 4) is 0 Å². The smallest absolute Gasteiger partial charge is 0.236 e. The van der Waals surface area contributed by atoms with Gasteiger partial charge in [0.05, 0.1) is 12.6 Å². The van der Waals surface area contributed by atoms with E-state index in [1.165, 1.54) is 0 Å². The summed E-state index contributed by atoms with van der Waals surface area (Å²) in [4.78, 5) is 13.6. The highest BCUT2D eigenvalue weighted by molar-refractivity contribution is 5.78. The first-order chi connectivity index (χ1) is 7.36. The van der Waals surface area contributed by atoms with Crippen LogP contribution in [0.25, 0.3) is 0 Å². The molecule has 2 rings (SSSR count). The van der Waals surface area contributed by atoms with Gasteiger partial charge in [-0.15, -0.1) is 0 Å². The van der Waals surface area contributed by atoms with Crippen LogP contribution in [0.4, 0.5) is 0 Å². The maximum atomic E-state index is 11.6. The van der Waals surface area contributed by atoms with Crippen LogP contribution in [-0.2, 0) is 9.53 Å². The number of amides is 1. The van der Waals surface area contributed by atoms with Gasteiger partial charge in [0, 0.05) is 26.2 Å². The normalized spacial score (nSPS) is 26.1. The van der Waals surface area contributed by atoms with Gasteiger partial charge in [0.15, 0.2) is 0 Å². The van der Waals surface area contributed by atoms with E-state index in [9.17, 15) is 4.79 Å². The van der Waals surface area contributed by atoms with E-state index >= 15 is 0 Å². The first-order valence-corrected chi connectivity index (χ1v) is 5.96. The van der Waals surface area contributed by atoms with Gasteiger partial charge in [-0.25, -0.2) is 0 Å². The van der Waals surface area contributed by atoms with E-state index in [0.717, 1.165) is 51.9 Å². The van der Waals surface area contributed by atoms with Crippen LogP contribution >= 0.6 is 0 Å². The lowest BCUT2D eigenvalue weighted by Gasteiger charge is -2.16. The first-order valence-electron chi connectivity index (χ1n) is 5.96. The van der Waals surface area contributed by atoms with Crippen molar-refractivity contribution in [1.29, 1.82) is 0 Å². The van der Waals surface area contributed by atoms with Crippen molar-refractivity contribution >= 4 is 5.91 Å². The number of hydrogen-bond acceptors (Lipinski definition) is 3. The zero-order valence-electron chi connectivity index (χ0n) is 9.21. The molecule has 0 spiro atoms. The summed E-state index contributed by atoms with van der Waals surface area (Å²) >= 11 is 0. The van der Waals surface area contributed by atoms with E-state index in [1.54, 1.807) is 0 Å². The highest BCUT2D eigenvalue weighted by Gasteiger charge is 2.19. The molecule has 0 aliphatic carbocycles. The predicted octanol–water partition coefficient (Wildman–Crippen LogP) is 0.377. The number of nitrogens with one attached hydrogen (secondary N) is 1. The molecule has 2 aliphatic heterocycles. The van der Waals surface area contributed by atoms with E-state index in [4.69, 9.17) is 4.74 Å². The van der Waals surface area contributed by atoms with Crippen LogP contribution < -0.4 is 5.32 Å². The van der Waals surface area contributed by atoms with Gasteiger partial charge in [0.1, 0.15) is 0 Å². The van der Waals surface area contributed by atoms with Crippen LogP contribution in [0, 0.1) is 0 Å². The summed E-state index contributed by atoms with van der Waals surface area (Å²) in [5.74, 6) is 0.241. The van der Waals surface area contributed by atoms with Crippen LogP contribution in [0.3, 0.4) is 0 Å². The number of likely N-dealkylation sites (tertiary alicyclic amines) is 1. The fraction of sp³-hybridized carbons (Fsp3) is 0.909. The van der Waals surface area contributed by atoms with E-state index < -0.39 is 0 Å². The Morgan fingerprint density at radius 1 is 1.33 bits per heavy atom. The number of rotatable bonds is 4. The second-order valence-corrected chi connectivity index (χ2v) is 4.35. The molecule has 1 amide bonds. The topological polar surface area (TPSA) is 41.6 Å². The van der Waals surface area contributed by atoms with E-state index in [2.05, 4.69) is 5.32 Å². The molecular formula is C11H20N2O2. The van der Waals surface area contributed by atoms with Crippen LogP contribution in [-0.4, -0.2) is 49.7 Å². The van der Waals surface area contributed by atoms with Gasteiger partial charge in [-0.3, -0.25) is 4.79 Å². The summed E-state index contributed by atoms with van der Waals surface area (Å²) < 4.78 is 5.47. The molecule has 0 aromatic carbocycles. The van der Waals surface area contributed by atoms with Crippen molar-refractivity contribution in [2.45, 2.75) is 31.8 Å². The monoisotopic (exact) mass is 212 g/mol. The van der Waals surface area contributed by atoms with Crippen molar-refractivity contribution in [2.75, 3.05) is 32.8 Å². The Bertz CT molecular complexity index is 209. The van der Waals surface area contributed by atoms with Gasteiger partial charge < -0.3 is 15.0 Å². The predicted molar refractivity (Wildman–Crippen MR) is 57.7 cm³/mol. The Morgan fingerprint density at radius 2 is 2.13 bits per heavy atom. The van der Waals surface area contributed by atoms with Crippen molar-refractivity contribution in [3.63, 3.8) is 0 Å². The summed E-state index contributed by atoms with van der Waals surface area (Å²) in [7, 11) is 0. The average molecular weight is 212 g/mol. The highest BCUT2D eigenvalue weighted by atomic mass is 16.5. The van der Waals surface area contributed by atoms with Gasteiger partial charge >= 0.3 is 0 Å². The lowest BCUT2D eigenvalue weighted by molar-refractivity contribution is -0.129. The minimum Gasteiger partial charge on any atom is -0.377 e. The van der Waals surface area contributed by atoms with E-state index in [0.29, 0.717) is 12.6 Å². The molecule has 0 aromatic rings. The molecule has 2 aliphatic rings. The van der Waals surface area contributed by atoms with Gasteiger partial charge in [-0.05, 0) is 25.7 Å². The summed E-state index contributed by atoms with van der Waals surface area (Å²) in [6.07, 6.45) is 4.95. The standard InChI is InChI=1S/C11H20N2O2/c14-11(13-5-1-2-6-13)9-12-8-10-4-3-7-15-10/h10,12H,1-9H2/t10-/m0/s1. The van der Waals surface area contributed by atoms with Crippen molar-refractivity contribution in [3.05, 3.63) is 0 Å². The minimum atomic E-state index is 0.241. The summed E-state index contributed by atoms with van der Waals surface area (Å²) in [5, 5.41) is 3.19. The molecule has 0 unspecified atom stereocenters. The molecule has 2 heterocycles. The van der Waals surface area contributed by atoms with E-state index in [-0.39, 0.29) is 5.91 Å². The second-order valence-electron chi connectivity index (χ2n) is 4.35. The number of carbonyl (C=O) groups excluding carboxylic acids is 1. The molecule has 0 radical (unpaired) electrons. The molecule has 0 saturated carbocycles. The van der Waals surface area contributed by atoms with Crippen LogP contribution in [0.1, 0.15) is 25.7 Å². The zero-order valence-corrected chi connectivity index (χ0v) is 9.21. The molecule has 2 saturated heterocycles. The zero-order chi connectivity index (χ0) is 10.5. The van der Waals surface area contributed by atoms with E-state index in [1.807, 2.05) is 4.90 Å². The molecule has 86 valence electrons. The Labute approximate surface area is 91.0 Å². The Kier molecular flexibility index (Phi) is 3.97. The minimum absolute atomic E-state index is 0.241. The molecule has 15 heavy (non-hydrogen) atoms. The first kappa shape index (κ1) is 10.9. The fourth-order valence-corrected chi connectivity index (χ4v) is 2.22. The highest BCUT2D eigenvalue weighted by Crippen LogP contribution is 2.10. The Balaban J connectivity index is 1.58. The lowest BCUT2D eigenvalue weighted by atomic mass is 10.2. The molecule has 4 heteroatoms. The summed E-state index contributed by atoms with van der Waals surface area (Å²) in [6.45, 7) is 4.06. The molecule has 0 aromatic heterocycles. The maximum absolute atomic E-state index is 11.6. The summed E-state index contributed by atoms with van der Waals surface area (Å²) in [6, 6.07) is 0. The number of hydrogen-bond donors (Lipinski definition) is 1. The fourth-order valence-electron chi connectivity index (χ4n) is 2.22. The maximum Gasteiger partial charge on any atom is 0.236 e. The number of ether oxygens (including phenoxy) is 1. The molecule has 2 fully saturated rings. The van der Waals surface area contributed by atoms with Crippen molar-refractivity contribution in [2.24, 2.45) is 0 Å². The molecular weight excluding hydrogens is 192 g/mol. The van der Waals surface area contributed by atoms with Crippen LogP contribution in [0.2, 0.25) is 0 Å². The van der Waals surface area contributed by atoms with Crippen LogP contribution in [0.5, 0.6) is 0 Å². The number of nitrogens with zero attached hydrogens (tertiary/aromatic N) is 1. The van der Waals surface area contributed by atoms with Crippen molar-refractivity contribution in [1.82, 2.24) is 10.2 Å². The third-order valence-electron chi connectivity index (χ3n) is 3.13. The molecule has 1 atom stereocenters. The molecule has 4 nitrogen and oxygen atoms in total. The van der Waals surface area contributed by atoms with Crippen molar-refractivity contribution < 1.29 is 9.53 Å². The largest absolute Gasteiger partial charge is 0.377 e. The van der Waals surface area contributed by atoms with Crippen LogP contribution in [0.15, 0.2) is 0 Å². The second kappa shape index (κ2) is 5.47. The third kappa shape index (κ3) is 3.18. The van der Waals surface area contributed by atoms with Gasteiger partial charge in [0.2, 0.25) is 5.91 Å². The SMILES string of the molecule is O=C(CNC[C@@H]1CCCO1)N1CCCC1. The lowest BCUT2D eigenvalue weighted by Crippen LogP contribution is -2.38. The molecule has 0 bridgehead atoms. The van der Waals surface area contributed by atoms with Gasteiger partial charge in [-0.1, -0.05) is 0 Å². The summed E-state index contributed by atoms with van der Waals surface area (Å²) in [5.41, 5.74) is 0. The Hall–Kier alpha value is -0.610.